The van der Waals surface area contributed by atoms with Crippen molar-refractivity contribution in [3.8, 4) is 0 Å². The van der Waals surface area contributed by atoms with E-state index in [1.165, 1.54) is 11.1 Å². The standard InChI is InChI=1S/C20H20N2OS2/c23-19(11-13-24-20-21-12-14-25-20)22-17-7-3-1-5-15(17)9-10-16-6-2-4-8-18(16)22/h1-8H,9-14H2. The molecule has 0 saturated heterocycles. The van der Waals surface area contributed by atoms with Crippen LogP contribution in [0.15, 0.2) is 53.5 Å². The summed E-state index contributed by atoms with van der Waals surface area (Å²) in [4.78, 5) is 19.5. The summed E-state index contributed by atoms with van der Waals surface area (Å²) in [6.45, 7) is 0.911. The maximum atomic E-state index is 13.1. The normalized spacial score (nSPS) is 16.0. The zero-order valence-electron chi connectivity index (χ0n) is 14.0. The number of anilines is 2. The predicted molar refractivity (Wildman–Crippen MR) is 109 cm³/mol. The number of carbonyl (C=O) groups excluding carboxylic acids is 1. The van der Waals surface area contributed by atoms with Gasteiger partial charge in [-0.2, -0.15) is 0 Å². The molecule has 0 aliphatic carbocycles. The molecule has 0 spiro atoms. The SMILES string of the molecule is O=C(CCSC1=NCCS1)N1c2ccccc2CCc2ccccc21. The molecule has 3 nitrogen and oxygen atoms in total. The summed E-state index contributed by atoms with van der Waals surface area (Å²) in [7, 11) is 0. The molecule has 0 saturated carbocycles. The van der Waals surface area contributed by atoms with E-state index in [-0.39, 0.29) is 5.91 Å². The minimum absolute atomic E-state index is 0.165. The molecular weight excluding hydrogens is 348 g/mol. The molecule has 0 unspecified atom stereocenters. The van der Waals surface area contributed by atoms with Gasteiger partial charge >= 0.3 is 0 Å². The highest BCUT2D eigenvalue weighted by molar-refractivity contribution is 8.39. The number of carbonyl (C=O) groups is 1. The van der Waals surface area contributed by atoms with E-state index >= 15 is 0 Å². The van der Waals surface area contributed by atoms with Crippen molar-refractivity contribution in [3.05, 3.63) is 59.7 Å². The van der Waals surface area contributed by atoms with Crippen molar-refractivity contribution in [3.63, 3.8) is 0 Å². The van der Waals surface area contributed by atoms with Crippen molar-refractivity contribution in [1.82, 2.24) is 0 Å². The Bertz CT molecular complexity index is 771. The topological polar surface area (TPSA) is 32.7 Å². The molecule has 0 radical (unpaired) electrons. The third-order valence-corrected chi connectivity index (χ3v) is 6.73. The number of rotatable bonds is 3. The third-order valence-electron chi connectivity index (χ3n) is 4.48. The van der Waals surface area contributed by atoms with E-state index < -0.39 is 0 Å². The molecule has 2 aliphatic heterocycles. The van der Waals surface area contributed by atoms with Gasteiger partial charge in [0, 0.05) is 17.9 Å². The molecule has 2 heterocycles. The molecule has 25 heavy (non-hydrogen) atoms. The highest BCUT2D eigenvalue weighted by Crippen LogP contribution is 2.36. The Morgan fingerprint density at radius 3 is 2.28 bits per heavy atom. The zero-order valence-corrected chi connectivity index (χ0v) is 15.6. The third kappa shape index (κ3) is 3.62. The maximum Gasteiger partial charge on any atom is 0.232 e. The Morgan fingerprint density at radius 2 is 1.68 bits per heavy atom. The first-order chi connectivity index (χ1) is 12.3. The first-order valence-electron chi connectivity index (χ1n) is 8.62. The second-order valence-electron chi connectivity index (χ2n) is 6.08. The average molecular weight is 369 g/mol. The van der Waals surface area contributed by atoms with Crippen LogP contribution in [-0.2, 0) is 17.6 Å². The number of para-hydroxylation sites is 2. The molecule has 4 rings (SSSR count). The molecule has 2 aromatic rings. The van der Waals surface area contributed by atoms with Crippen LogP contribution in [0, 0.1) is 0 Å². The Labute approximate surface area is 156 Å². The molecular formula is C20H20N2OS2. The van der Waals surface area contributed by atoms with Gasteiger partial charge in [0.25, 0.3) is 0 Å². The first-order valence-corrected chi connectivity index (χ1v) is 10.6. The highest BCUT2D eigenvalue weighted by Gasteiger charge is 2.25. The Hall–Kier alpha value is -1.72. The van der Waals surface area contributed by atoms with Gasteiger partial charge in [-0.05, 0) is 36.1 Å². The van der Waals surface area contributed by atoms with E-state index in [1.807, 2.05) is 17.0 Å². The monoisotopic (exact) mass is 368 g/mol. The van der Waals surface area contributed by atoms with Gasteiger partial charge in [0.05, 0.1) is 17.9 Å². The second-order valence-corrected chi connectivity index (χ2v) is 8.51. The molecule has 1 amide bonds. The van der Waals surface area contributed by atoms with Crippen molar-refractivity contribution in [2.75, 3.05) is 23.0 Å². The van der Waals surface area contributed by atoms with Crippen LogP contribution in [0.25, 0.3) is 0 Å². The largest absolute Gasteiger partial charge is 0.280 e. The molecule has 128 valence electrons. The fourth-order valence-corrected chi connectivity index (χ4v) is 5.30. The minimum atomic E-state index is 0.165. The minimum Gasteiger partial charge on any atom is -0.280 e. The lowest BCUT2D eigenvalue weighted by Gasteiger charge is -2.25. The summed E-state index contributed by atoms with van der Waals surface area (Å²) in [5.41, 5.74) is 4.57. The number of benzene rings is 2. The van der Waals surface area contributed by atoms with E-state index in [4.69, 9.17) is 0 Å². The number of fused-ring (bicyclic) bond motifs is 2. The van der Waals surface area contributed by atoms with Crippen molar-refractivity contribution in [1.29, 1.82) is 0 Å². The van der Waals surface area contributed by atoms with Crippen molar-refractivity contribution < 1.29 is 4.79 Å². The Kier molecular flexibility index (Phi) is 5.13. The summed E-state index contributed by atoms with van der Waals surface area (Å²) in [5, 5.41) is 0. The molecule has 0 N–H and O–H groups in total. The van der Waals surface area contributed by atoms with Gasteiger partial charge in [-0.15, -0.1) is 0 Å². The molecule has 0 atom stereocenters. The van der Waals surface area contributed by atoms with E-state index in [1.54, 1.807) is 23.5 Å². The van der Waals surface area contributed by atoms with Gasteiger partial charge in [-0.1, -0.05) is 59.9 Å². The van der Waals surface area contributed by atoms with Crippen LogP contribution in [0.3, 0.4) is 0 Å². The summed E-state index contributed by atoms with van der Waals surface area (Å²) in [5.74, 6) is 2.02. The number of thioether (sulfide) groups is 2. The number of nitrogens with zero attached hydrogens (tertiary/aromatic N) is 2. The summed E-state index contributed by atoms with van der Waals surface area (Å²) < 4.78 is 1.13. The number of hydrogen-bond donors (Lipinski definition) is 0. The second kappa shape index (κ2) is 7.67. The number of amides is 1. The number of aliphatic imine (C=N–C) groups is 1. The molecule has 2 aromatic carbocycles. The first kappa shape index (κ1) is 16.7. The van der Waals surface area contributed by atoms with Crippen LogP contribution in [0.4, 0.5) is 11.4 Å². The quantitative estimate of drug-likeness (QED) is 0.789. The van der Waals surface area contributed by atoms with E-state index in [2.05, 4.69) is 41.4 Å². The summed E-state index contributed by atoms with van der Waals surface area (Å²) >= 11 is 3.51. The Morgan fingerprint density at radius 1 is 1.04 bits per heavy atom. The average Bonchev–Trinajstić information content (AvgIpc) is 3.09. The Balaban J connectivity index is 1.59. The fraction of sp³-hybridized carbons (Fsp3) is 0.300. The van der Waals surface area contributed by atoms with E-state index in [0.717, 1.165) is 46.6 Å². The van der Waals surface area contributed by atoms with Gasteiger partial charge < -0.3 is 0 Å². The highest BCUT2D eigenvalue weighted by atomic mass is 32.2. The molecule has 2 aliphatic rings. The van der Waals surface area contributed by atoms with Crippen LogP contribution in [0.1, 0.15) is 17.5 Å². The van der Waals surface area contributed by atoms with Gasteiger partial charge in [0.1, 0.15) is 4.38 Å². The molecule has 5 heteroatoms. The number of hydrogen-bond acceptors (Lipinski definition) is 4. The predicted octanol–water partition coefficient (Wildman–Crippen LogP) is 4.68. The smallest absolute Gasteiger partial charge is 0.232 e. The van der Waals surface area contributed by atoms with Crippen molar-refractivity contribution in [2.24, 2.45) is 4.99 Å². The van der Waals surface area contributed by atoms with Gasteiger partial charge in [0.15, 0.2) is 0 Å². The lowest BCUT2D eigenvalue weighted by atomic mass is 10.0. The van der Waals surface area contributed by atoms with E-state index in [9.17, 15) is 4.79 Å². The fourth-order valence-electron chi connectivity index (χ4n) is 3.29. The van der Waals surface area contributed by atoms with Crippen LogP contribution in [0.2, 0.25) is 0 Å². The van der Waals surface area contributed by atoms with Crippen molar-refractivity contribution in [2.45, 2.75) is 19.3 Å². The van der Waals surface area contributed by atoms with E-state index in [0.29, 0.717) is 6.42 Å². The van der Waals surface area contributed by atoms with Crippen LogP contribution in [0.5, 0.6) is 0 Å². The van der Waals surface area contributed by atoms with Crippen molar-refractivity contribution >= 4 is 45.2 Å². The van der Waals surface area contributed by atoms with Crippen LogP contribution >= 0.6 is 23.5 Å². The van der Waals surface area contributed by atoms with Gasteiger partial charge in [0.2, 0.25) is 5.91 Å². The van der Waals surface area contributed by atoms with Gasteiger partial charge in [-0.25, -0.2) is 0 Å². The summed E-state index contributed by atoms with van der Waals surface area (Å²) in [6, 6.07) is 16.6. The zero-order chi connectivity index (χ0) is 17.1. The number of aryl methyl sites for hydroxylation is 2. The molecule has 0 bridgehead atoms. The summed E-state index contributed by atoms with van der Waals surface area (Å²) in [6.07, 6.45) is 2.46. The lowest BCUT2D eigenvalue weighted by molar-refractivity contribution is -0.117. The van der Waals surface area contributed by atoms with Crippen LogP contribution < -0.4 is 4.90 Å². The van der Waals surface area contributed by atoms with Crippen LogP contribution in [-0.4, -0.2) is 28.3 Å². The lowest BCUT2D eigenvalue weighted by Crippen LogP contribution is -2.27. The molecule has 0 aromatic heterocycles. The molecule has 0 fully saturated rings. The van der Waals surface area contributed by atoms with Gasteiger partial charge in [-0.3, -0.25) is 14.7 Å². The maximum absolute atomic E-state index is 13.1.